The van der Waals surface area contributed by atoms with Gasteiger partial charge in [-0.25, -0.2) is 14.8 Å². The highest BCUT2D eigenvalue weighted by atomic mass is 35.5. The second-order valence-electron chi connectivity index (χ2n) is 8.77. The summed E-state index contributed by atoms with van der Waals surface area (Å²) in [5.41, 5.74) is 6.57. The molecule has 1 aromatic heterocycles. The Kier molecular flexibility index (Phi) is 6.78. The molecule has 1 aliphatic carbocycles. The molecule has 0 radical (unpaired) electrons. The number of aryl methyl sites for hydroxylation is 2. The average Bonchev–Trinajstić information content (AvgIpc) is 3.29. The van der Waals surface area contributed by atoms with Crippen LogP contribution in [0.5, 0.6) is 0 Å². The molecule has 36 heavy (non-hydrogen) atoms. The lowest BCUT2D eigenvalue weighted by Crippen LogP contribution is -2.27. The van der Waals surface area contributed by atoms with E-state index in [9.17, 15) is 9.59 Å². The van der Waals surface area contributed by atoms with Gasteiger partial charge >= 0.3 is 5.97 Å². The molecule has 0 aliphatic heterocycles. The van der Waals surface area contributed by atoms with Crippen molar-refractivity contribution in [3.63, 3.8) is 0 Å². The second kappa shape index (κ2) is 10.3. The zero-order valence-electron chi connectivity index (χ0n) is 19.4. The molecule has 0 spiro atoms. The number of benzene rings is 3. The summed E-state index contributed by atoms with van der Waals surface area (Å²) in [5, 5.41) is 12.7. The molecule has 1 atom stereocenters. The smallest absolute Gasteiger partial charge is 0.327 e. The van der Waals surface area contributed by atoms with Crippen molar-refractivity contribution in [3.8, 4) is 11.3 Å². The fourth-order valence-electron chi connectivity index (χ4n) is 4.60. The number of allylic oxidation sites excluding steroid dienone is 1. The summed E-state index contributed by atoms with van der Waals surface area (Å²) >= 11 is 6.06. The van der Waals surface area contributed by atoms with Crippen molar-refractivity contribution in [2.45, 2.75) is 31.7 Å². The zero-order valence-corrected chi connectivity index (χ0v) is 20.2. The van der Waals surface area contributed by atoms with E-state index in [1.807, 2.05) is 30.3 Å². The maximum Gasteiger partial charge on any atom is 0.327 e. The van der Waals surface area contributed by atoms with Crippen LogP contribution in [-0.4, -0.2) is 27.0 Å². The van der Waals surface area contributed by atoms with Gasteiger partial charge in [-0.1, -0.05) is 54.1 Å². The molecule has 0 saturated carbocycles. The molecule has 0 fully saturated rings. The van der Waals surface area contributed by atoms with Gasteiger partial charge in [0.15, 0.2) is 0 Å². The van der Waals surface area contributed by atoms with Gasteiger partial charge in [-0.2, -0.15) is 0 Å². The van der Waals surface area contributed by atoms with Crippen LogP contribution in [0.1, 0.15) is 46.1 Å². The van der Waals surface area contributed by atoms with Gasteiger partial charge in [-0.15, -0.1) is 0 Å². The zero-order chi connectivity index (χ0) is 25.1. The van der Waals surface area contributed by atoms with Crippen molar-refractivity contribution in [2.24, 2.45) is 0 Å². The molecule has 1 amide bonds. The number of hydrogen-bond donors (Lipinski definition) is 2. The minimum absolute atomic E-state index is 0.000606. The molecule has 0 unspecified atom stereocenters. The number of hydrogen-bond acceptors (Lipinski definition) is 4. The summed E-state index contributed by atoms with van der Waals surface area (Å²) in [6.07, 6.45) is 5.56. The Morgan fingerprint density at radius 2 is 1.83 bits per heavy atom. The number of amides is 1. The minimum atomic E-state index is -0.988. The van der Waals surface area contributed by atoms with Crippen LogP contribution in [0, 0.1) is 0 Å². The first kappa shape index (κ1) is 23.7. The molecule has 3 aromatic carbocycles. The maximum absolute atomic E-state index is 13.1. The Balaban J connectivity index is 1.45. The summed E-state index contributed by atoms with van der Waals surface area (Å²) in [4.78, 5) is 33.6. The van der Waals surface area contributed by atoms with E-state index in [0.29, 0.717) is 40.2 Å². The van der Waals surface area contributed by atoms with E-state index < -0.39 is 5.97 Å². The number of aliphatic carboxylic acids is 1. The van der Waals surface area contributed by atoms with Gasteiger partial charge in [0.2, 0.25) is 0 Å². The molecule has 5 rings (SSSR count). The fraction of sp³-hybridized carbons (Fsp3) is 0.172. The van der Waals surface area contributed by atoms with Crippen molar-refractivity contribution in [3.05, 3.63) is 106 Å². The summed E-state index contributed by atoms with van der Waals surface area (Å²) in [5.74, 6) is -1.13. The van der Waals surface area contributed by atoms with E-state index in [2.05, 4.69) is 17.4 Å². The number of carbonyl (C=O) groups excluding carboxylic acids is 1. The standard InChI is InChI=1S/C29H24ClN3O3/c30-21-13-9-19(10-14-21)28-25(7-3-4-8-27(34)35)31-26-17-20(12-16-24(26)32-28)29(36)33-23-15-11-18-5-1-2-6-22(18)23/h1-2,4-6,8-10,12-14,16-17,23H,3,7,11,15H2,(H,33,36)(H,34,35)/b8-4+/t23-/m0/s1. The Morgan fingerprint density at radius 3 is 2.64 bits per heavy atom. The minimum Gasteiger partial charge on any atom is -0.478 e. The molecule has 4 aromatic rings. The quantitative estimate of drug-likeness (QED) is 0.308. The van der Waals surface area contributed by atoms with Crippen molar-refractivity contribution in [2.75, 3.05) is 0 Å². The lowest BCUT2D eigenvalue weighted by Gasteiger charge is -2.15. The molecule has 7 heteroatoms. The predicted octanol–water partition coefficient (Wildman–Crippen LogP) is 5.94. The number of carbonyl (C=O) groups is 2. The van der Waals surface area contributed by atoms with Crippen molar-refractivity contribution >= 4 is 34.5 Å². The Hall–Kier alpha value is -4.03. The van der Waals surface area contributed by atoms with Crippen molar-refractivity contribution in [1.82, 2.24) is 15.3 Å². The number of aromatic nitrogens is 2. The Morgan fingerprint density at radius 1 is 1.03 bits per heavy atom. The number of halogens is 1. The number of rotatable bonds is 7. The largest absolute Gasteiger partial charge is 0.478 e. The number of carboxylic acid groups (broad SMARTS) is 1. The number of fused-ring (bicyclic) bond motifs is 2. The molecule has 2 N–H and O–H groups in total. The van der Waals surface area contributed by atoms with Crippen LogP contribution in [-0.2, 0) is 17.6 Å². The van der Waals surface area contributed by atoms with E-state index >= 15 is 0 Å². The van der Waals surface area contributed by atoms with Gasteiger partial charge in [-0.3, -0.25) is 4.79 Å². The second-order valence-corrected chi connectivity index (χ2v) is 9.21. The third kappa shape index (κ3) is 5.14. The SMILES string of the molecule is O=C(O)/C=C/CCc1nc2cc(C(=O)N[C@H]3CCc4ccccc43)ccc2nc1-c1ccc(Cl)cc1. The summed E-state index contributed by atoms with van der Waals surface area (Å²) in [6.45, 7) is 0. The summed E-state index contributed by atoms with van der Waals surface area (Å²) in [6, 6.07) is 20.9. The Bertz CT molecular complexity index is 1480. The summed E-state index contributed by atoms with van der Waals surface area (Å²) in [7, 11) is 0. The van der Waals surface area contributed by atoms with Crippen LogP contribution in [0.15, 0.2) is 78.9 Å². The van der Waals surface area contributed by atoms with E-state index in [1.54, 1.807) is 30.3 Å². The van der Waals surface area contributed by atoms with E-state index in [1.165, 1.54) is 11.1 Å². The van der Waals surface area contributed by atoms with Gasteiger partial charge in [0, 0.05) is 22.2 Å². The highest BCUT2D eigenvalue weighted by Gasteiger charge is 2.24. The van der Waals surface area contributed by atoms with Crippen LogP contribution in [0.3, 0.4) is 0 Å². The molecular weight excluding hydrogens is 474 g/mol. The maximum atomic E-state index is 13.1. The lowest BCUT2D eigenvalue weighted by atomic mass is 10.0. The highest BCUT2D eigenvalue weighted by Crippen LogP contribution is 2.31. The van der Waals surface area contributed by atoms with Gasteiger partial charge in [0.05, 0.1) is 28.5 Å². The molecular formula is C29H24ClN3O3. The molecule has 0 bridgehead atoms. The molecule has 1 aliphatic rings. The van der Waals surface area contributed by atoms with Crippen LogP contribution in [0.2, 0.25) is 5.02 Å². The van der Waals surface area contributed by atoms with Crippen LogP contribution in [0.25, 0.3) is 22.3 Å². The van der Waals surface area contributed by atoms with Gasteiger partial charge in [0.1, 0.15) is 0 Å². The first-order valence-corrected chi connectivity index (χ1v) is 12.2. The number of nitrogens with one attached hydrogen (secondary N) is 1. The predicted molar refractivity (Wildman–Crippen MR) is 140 cm³/mol. The topological polar surface area (TPSA) is 92.2 Å². The Labute approximate surface area is 213 Å². The van der Waals surface area contributed by atoms with E-state index in [-0.39, 0.29) is 11.9 Å². The lowest BCUT2D eigenvalue weighted by molar-refractivity contribution is -0.131. The average molecular weight is 498 g/mol. The van der Waals surface area contributed by atoms with Crippen LogP contribution in [0.4, 0.5) is 0 Å². The molecule has 1 heterocycles. The molecule has 0 saturated heterocycles. The third-order valence-corrected chi connectivity index (χ3v) is 6.61. The van der Waals surface area contributed by atoms with E-state index in [0.717, 1.165) is 30.2 Å². The first-order valence-electron chi connectivity index (χ1n) is 11.8. The number of carboxylic acids is 1. The molecule has 180 valence electrons. The first-order chi connectivity index (χ1) is 17.5. The van der Waals surface area contributed by atoms with Crippen LogP contribution < -0.4 is 5.32 Å². The van der Waals surface area contributed by atoms with Crippen LogP contribution >= 0.6 is 11.6 Å². The highest BCUT2D eigenvalue weighted by molar-refractivity contribution is 6.30. The van der Waals surface area contributed by atoms with Gasteiger partial charge in [-0.05, 0) is 67.1 Å². The number of nitrogens with zero attached hydrogens (tertiary/aromatic N) is 2. The monoisotopic (exact) mass is 497 g/mol. The third-order valence-electron chi connectivity index (χ3n) is 6.36. The molecule has 6 nitrogen and oxygen atoms in total. The van der Waals surface area contributed by atoms with E-state index in [4.69, 9.17) is 26.7 Å². The van der Waals surface area contributed by atoms with Gasteiger partial charge < -0.3 is 10.4 Å². The normalized spacial score (nSPS) is 14.8. The fourth-order valence-corrected chi connectivity index (χ4v) is 4.72. The summed E-state index contributed by atoms with van der Waals surface area (Å²) < 4.78 is 0. The van der Waals surface area contributed by atoms with Crippen molar-refractivity contribution in [1.29, 1.82) is 0 Å². The van der Waals surface area contributed by atoms with Crippen molar-refractivity contribution < 1.29 is 14.7 Å². The van der Waals surface area contributed by atoms with Gasteiger partial charge in [0.25, 0.3) is 5.91 Å².